The standard InChI is InChI=1S/C32H31FN2O3/c33-28-17-19-29(20-18-28)38-24-10-21-34-22-23-35(31(36)37)32(26-13-6-2-7-14-26,27-15-8-3-9-16-27)30(34)25-11-4-1-5-12-25/h1-9,11-20,30H,10,21-24H2,(H,36,37). The van der Waals surface area contributed by atoms with Crippen molar-refractivity contribution in [2.75, 3.05) is 26.2 Å². The third kappa shape index (κ3) is 5.00. The fourth-order valence-electron chi connectivity index (χ4n) is 5.69. The predicted molar refractivity (Wildman–Crippen MR) is 146 cm³/mol. The summed E-state index contributed by atoms with van der Waals surface area (Å²) in [4.78, 5) is 16.9. The van der Waals surface area contributed by atoms with Gasteiger partial charge < -0.3 is 9.84 Å². The lowest BCUT2D eigenvalue weighted by Gasteiger charge is -2.56. The fraction of sp³-hybridized carbons (Fsp3) is 0.219. The van der Waals surface area contributed by atoms with Crippen LogP contribution in [0.1, 0.15) is 29.2 Å². The monoisotopic (exact) mass is 510 g/mol. The number of amides is 1. The number of piperazine rings is 1. The van der Waals surface area contributed by atoms with Gasteiger partial charge in [-0.1, -0.05) is 91.0 Å². The molecule has 0 saturated carbocycles. The van der Waals surface area contributed by atoms with Crippen molar-refractivity contribution in [3.05, 3.63) is 138 Å². The fourth-order valence-corrected chi connectivity index (χ4v) is 5.69. The van der Waals surface area contributed by atoms with Crippen LogP contribution in [0.2, 0.25) is 0 Å². The quantitative estimate of drug-likeness (QED) is 0.272. The summed E-state index contributed by atoms with van der Waals surface area (Å²) in [5.41, 5.74) is 1.93. The van der Waals surface area contributed by atoms with Crippen LogP contribution >= 0.6 is 0 Å². The molecule has 194 valence electrons. The summed E-state index contributed by atoms with van der Waals surface area (Å²) in [6, 6.07) is 35.8. The van der Waals surface area contributed by atoms with Crippen LogP contribution < -0.4 is 4.74 Å². The lowest BCUT2D eigenvalue weighted by Crippen LogP contribution is -2.63. The minimum Gasteiger partial charge on any atom is -0.494 e. The maximum atomic E-state index is 13.3. The van der Waals surface area contributed by atoms with E-state index in [1.54, 1.807) is 17.0 Å². The number of nitrogens with zero attached hydrogens (tertiary/aromatic N) is 2. The third-order valence-corrected chi connectivity index (χ3v) is 7.24. The maximum Gasteiger partial charge on any atom is 0.408 e. The zero-order valence-electron chi connectivity index (χ0n) is 21.1. The molecule has 0 aliphatic carbocycles. The van der Waals surface area contributed by atoms with Gasteiger partial charge in [0.25, 0.3) is 0 Å². The molecule has 1 saturated heterocycles. The Morgan fingerprint density at radius 2 is 1.37 bits per heavy atom. The van der Waals surface area contributed by atoms with Crippen molar-refractivity contribution < 1.29 is 19.0 Å². The SMILES string of the molecule is O=C(O)N1CCN(CCCOc2ccc(F)cc2)C(c2ccccc2)C1(c1ccccc1)c1ccccc1. The maximum absolute atomic E-state index is 13.3. The second kappa shape index (κ2) is 11.5. The van der Waals surface area contributed by atoms with Gasteiger partial charge in [0.1, 0.15) is 17.1 Å². The molecule has 4 aromatic carbocycles. The molecular formula is C32H31FN2O3. The first-order valence-electron chi connectivity index (χ1n) is 12.9. The number of hydrogen-bond acceptors (Lipinski definition) is 3. The highest BCUT2D eigenvalue weighted by molar-refractivity contribution is 5.69. The summed E-state index contributed by atoms with van der Waals surface area (Å²) in [6.07, 6.45) is -0.217. The Morgan fingerprint density at radius 3 is 1.92 bits per heavy atom. The Hall–Kier alpha value is -4.16. The van der Waals surface area contributed by atoms with Crippen LogP contribution in [-0.2, 0) is 5.54 Å². The summed E-state index contributed by atoms with van der Waals surface area (Å²) in [6.45, 7) is 2.12. The van der Waals surface area contributed by atoms with Crippen molar-refractivity contribution >= 4 is 6.09 Å². The van der Waals surface area contributed by atoms with E-state index in [0.717, 1.165) is 23.1 Å². The summed E-state index contributed by atoms with van der Waals surface area (Å²) in [7, 11) is 0. The molecule has 1 unspecified atom stereocenters. The Kier molecular flexibility index (Phi) is 7.70. The molecule has 1 fully saturated rings. The van der Waals surface area contributed by atoms with Crippen LogP contribution in [-0.4, -0.2) is 47.2 Å². The van der Waals surface area contributed by atoms with Gasteiger partial charge in [-0.05, 0) is 47.4 Å². The molecule has 0 aromatic heterocycles. The van der Waals surface area contributed by atoms with E-state index in [4.69, 9.17) is 4.74 Å². The van der Waals surface area contributed by atoms with Crippen molar-refractivity contribution in [1.29, 1.82) is 0 Å². The molecule has 0 radical (unpaired) electrons. The molecule has 0 spiro atoms. The smallest absolute Gasteiger partial charge is 0.408 e. The average molecular weight is 511 g/mol. The van der Waals surface area contributed by atoms with E-state index < -0.39 is 11.6 Å². The Balaban J connectivity index is 1.56. The molecular weight excluding hydrogens is 479 g/mol. The van der Waals surface area contributed by atoms with Crippen molar-refractivity contribution in [3.63, 3.8) is 0 Å². The number of carboxylic acid groups (broad SMARTS) is 1. The predicted octanol–water partition coefficient (Wildman–Crippen LogP) is 6.58. The first-order valence-corrected chi connectivity index (χ1v) is 12.9. The molecule has 5 rings (SSSR count). The lowest BCUT2D eigenvalue weighted by molar-refractivity contribution is -0.0260. The molecule has 1 heterocycles. The van der Waals surface area contributed by atoms with E-state index in [1.165, 1.54) is 12.1 Å². The molecule has 1 atom stereocenters. The summed E-state index contributed by atoms with van der Waals surface area (Å²) in [5.74, 6) is 0.335. The Bertz CT molecular complexity index is 1280. The Labute approximate surface area is 222 Å². The molecule has 4 aromatic rings. The topological polar surface area (TPSA) is 53.0 Å². The number of benzene rings is 4. The van der Waals surface area contributed by atoms with E-state index in [0.29, 0.717) is 32.0 Å². The molecule has 1 aliphatic heterocycles. The second-order valence-corrected chi connectivity index (χ2v) is 9.44. The van der Waals surface area contributed by atoms with Gasteiger partial charge in [-0.25, -0.2) is 9.18 Å². The molecule has 5 nitrogen and oxygen atoms in total. The van der Waals surface area contributed by atoms with Gasteiger partial charge in [0, 0.05) is 19.6 Å². The highest BCUT2D eigenvalue weighted by atomic mass is 19.1. The lowest BCUT2D eigenvalue weighted by atomic mass is 9.71. The first-order chi connectivity index (χ1) is 18.6. The van der Waals surface area contributed by atoms with Crippen molar-refractivity contribution in [3.8, 4) is 5.75 Å². The molecule has 1 N–H and O–H groups in total. The van der Waals surface area contributed by atoms with Crippen LogP contribution in [0.5, 0.6) is 5.75 Å². The number of halogens is 1. The number of rotatable bonds is 8. The number of hydrogen-bond donors (Lipinski definition) is 1. The van der Waals surface area contributed by atoms with Crippen LogP contribution in [0.4, 0.5) is 9.18 Å². The molecule has 6 heteroatoms. The van der Waals surface area contributed by atoms with Crippen LogP contribution in [0.3, 0.4) is 0 Å². The van der Waals surface area contributed by atoms with Gasteiger partial charge in [0.2, 0.25) is 0 Å². The van der Waals surface area contributed by atoms with Crippen LogP contribution in [0.15, 0.2) is 115 Å². The van der Waals surface area contributed by atoms with Gasteiger partial charge in [-0.3, -0.25) is 9.80 Å². The van der Waals surface area contributed by atoms with Crippen molar-refractivity contribution in [1.82, 2.24) is 9.80 Å². The van der Waals surface area contributed by atoms with Gasteiger partial charge >= 0.3 is 6.09 Å². The Morgan fingerprint density at radius 1 is 0.816 bits per heavy atom. The van der Waals surface area contributed by atoms with E-state index in [2.05, 4.69) is 17.0 Å². The average Bonchev–Trinajstić information content (AvgIpc) is 2.97. The van der Waals surface area contributed by atoms with E-state index >= 15 is 0 Å². The van der Waals surface area contributed by atoms with E-state index in [9.17, 15) is 14.3 Å². The molecule has 38 heavy (non-hydrogen) atoms. The molecule has 1 amide bonds. The zero-order chi connectivity index (χ0) is 26.4. The molecule has 1 aliphatic rings. The van der Waals surface area contributed by atoms with Gasteiger partial charge in [0.05, 0.1) is 12.6 Å². The van der Waals surface area contributed by atoms with Gasteiger partial charge in [0.15, 0.2) is 0 Å². The van der Waals surface area contributed by atoms with E-state index in [-0.39, 0.29) is 11.9 Å². The largest absolute Gasteiger partial charge is 0.494 e. The number of ether oxygens (including phenoxy) is 1. The summed E-state index contributed by atoms with van der Waals surface area (Å²) >= 11 is 0. The first kappa shape index (κ1) is 25.5. The highest BCUT2D eigenvalue weighted by Crippen LogP contribution is 2.51. The minimum absolute atomic E-state index is 0.274. The highest BCUT2D eigenvalue weighted by Gasteiger charge is 2.54. The van der Waals surface area contributed by atoms with Crippen LogP contribution in [0, 0.1) is 5.82 Å². The number of carbonyl (C=O) groups is 1. The van der Waals surface area contributed by atoms with E-state index in [1.807, 2.05) is 78.9 Å². The third-order valence-electron chi connectivity index (χ3n) is 7.24. The normalized spacial score (nSPS) is 17.2. The van der Waals surface area contributed by atoms with Gasteiger partial charge in [-0.15, -0.1) is 0 Å². The van der Waals surface area contributed by atoms with Crippen molar-refractivity contribution in [2.45, 2.75) is 18.0 Å². The minimum atomic E-state index is -0.966. The zero-order valence-corrected chi connectivity index (χ0v) is 21.1. The summed E-state index contributed by atoms with van der Waals surface area (Å²) < 4.78 is 19.1. The summed E-state index contributed by atoms with van der Waals surface area (Å²) in [5, 5.41) is 10.6. The van der Waals surface area contributed by atoms with Crippen molar-refractivity contribution in [2.24, 2.45) is 0 Å². The second-order valence-electron chi connectivity index (χ2n) is 9.44. The molecule has 0 bridgehead atoms. The van der Waals surface area contributed by atoms with Gasteiger partial charge in [-0.2, -0.15) is 0 Å². The van der Waals surface area contributed by atoms with Crippen LogP contribution in [0.25, 0.3) is 0 Å².